The van der Waals surface area contributed by atoms with Gasteiger partial charge in [-0.05, 0) is 41.5 Å². The van der Waals surface area contributed by atoms with E-state index in [0.717, 1.165) is 21.9 Å². The van der Waals surface area contributed by atoms with Crippen molar-refractivity contribution in [1.29, 1.82) is 0 Å². The highest BCUT2D eigenvalue weighted by atomic mass is 16.5. The van der Waals surface area contributed by atoms with Gasteiger partial charge in [-0.15, -0.1) is 0 Å². The van der Waals surface area contributed by atoms with Crippen LogP contribution in [0, 0.1) is 6.92 Å². The van der Waals surface area contributed by atoms with Crippen LogP contribution in [0.5, 0.6) is 11.5 Å². The molecule has 1 aromatic heterocycles. The van der Waals surface area contributed by atoms with E-state index in [1.807, 2.05) is 42.5 Å². The van der Waals surface area contributed by atoms with E-state index in [1.54, 1.807) is 20.1 Å². The number of methoxy groups -OCH3 is 1. The van der Waals surface area contributed by atoms with Crippen molar-refractivity contribution in [2.45, 2.75) is 13.5 Å². The van der Waals surface area contributed by atoms with Crippen molar-refractivity contribution in [2.24, 2.45) is 5.10 Å². The summed E-state index contributed by atoms with van der Waals surface area (Å²) < 4.78 is 16.8. The van der Waals surface area contributed by atoms with Gasteiger partial charge in [0.05, 0.1) is 19.6 Å². The normalized spacial score (nSPS) is 11.0. The van der Waals surface area contributed by atoms with Gasteiger partial charge in [0, 0.05) is 11.1 Å². The summed E-state index contributed by atoms with van der Waals surface area (Å²) >= 11 is 0. The van der Waals surface area contributed by atoms with Crippen LogP contribution in [0.25, 0.3) is 10.8 Å². The Morgan fingerprint density at radius 2 is 1.87 bits per heavy atom. The molecule has 0 bridgehead atoms. The number of para-hydroxylation sites is 1. The molecule has 0 fully saturated rings. The number of furan rings is 1. The molecule has 0 radical (unpaired) electrons. The van der Waals surface area contributed by atoms with Crippen molar-refractivity contribution in [2.75, 3.05) is 7.11 Å². The van der Waals surface area contributed by atoms with Gasteiger partial charge < -0.3 is 13.9 Å². The number of carbonyl (C=O) groups excluding carboxylic acids is 1. The van der Waals surface area contributed by atoms with Crippen LogP contribution in [0.15, 0.2) is 82.5 Å². The Morgan fingerprint density at radius 3 is 2.68 bits per heavy atom. The predicted octanol–water partition coefficient (Wildman–Crippen LogP) is 5.09. The summed E-state index contributed by atoms with van der Waals surface area (Å²) in [6.45, 7) is 2.16. The quantitative estimate of drug-likeness (QED) is 0.338. The first-order chi connectivity index (χ1) is 15.2. The summed E-state index contributed by atoms with van der Waals surface area (Å²) in [4.78, 5) is 12.2. The van der Waals surface area contributed by atoms with Crippen LogP contribution in [0.3, 0.4) is 0 Å². The number of nitrogens with one attached hydrogen (secondary N) is 1. The molecule has 4 rings (SSSR count). The number of nitrogens with zero attached hydrogens (tertiary/aromatic N) is 1. The SMILES string of the molecule is COc1cccc(C=NNC(=O)c2occc2C)c1OCc1cccc2ccccc12. The van der Waals surface area contributed by atoms with E-state index in [9.17, 15) is 4.79 Å². The van der Waals surface area contributed by atoms with E-state index < -0.39 is 5.91 Å². The van der Waals surface area contributed by atoms with E-state index >= 15 is 0 Å². The number of amides is 1. The van der Waals surface area contributed by atoms with Gasteiger partial charge in [-0.25, -0.2) is 5.43 Å². The number of benzene rings is 3. The number of aryl methyl sites for hydroxylation is 1. The number of fused-ring (bicyclic) bond motifs is 1. The Labute approximate surface area is 180 Å². The van der Waals surface area contributed by atoms with E-state index in [2.05, 4.69) is 28.7 Å². The molecule has 0 unspecified atom stereocenters. The number of ether oxygens (including phenoxy) is 2. The molecule has 0 aliphatic heterocycles. The highest BCUT2D eigenvalue weighted by molar-refractivity contribution is 5.94. The molecule has 0 aliphatic rings. The maximum atomic E-state index is 12.2. The summed E-state index contributed by atoms with van der Waals surface area (Å²) in [6, 6.07) is 21.5. The van der Waals surface area contributed by atoms with E-state index in [-0.39, 0.29) is 5.76 Å². The predicted molar refractivity (Wildman–Crippen MR) is 120 cm³/mol. The lowest BCUT2D eigenvalue weighted by atomic mass is 10.1. The number of hydrazone groups is 1. The zero-order chi connectivity index (χ0) is 21.6. The van der Waals surface area contributed by atoms with Crippen LogP contribution < -0.4 is 14.9 Å². The zero-order valence-electron chi connectivity index (χ0n) is 17.3. The van der Waals surface area contributed by atoms with Crippen molar-refractivity contribution >= 4 is 22.9 Å². The topological polar surface area (TPSA) is 73.1 Å². The van der Waals surface area contributed by atoms with E-state index in [1.165, 1.54) is 12.5 Å². The maximum Gasteiger partial charge on any atom is 0.307 e. The summed E-state index contributed by atoms with van der Waals surface area (Å²) in [5.41, 5.74) is 4.96. The molecule has 0 spiro atoms. The minimum Gasteiger partial charge on any atom is -0.493 e. The summed E-state index contributed by atoms with van der Waals surface area (Å²) in [5.74, 6) is 0.942. The first-order valence-corrected chi connectivity index (χ1v) is 9.81. The molecule has 31 heavy (non-hydrogen) atoms. The standard InChI is InChI=1S/C25H22N2O4/c1-17-13-14-30-23(17)25(28)27-26-15-19-9-6-12-22(29-2)24(19)31-16-20-10-5-8-18-7-3-4-11-21(18)20/h3-15H,16H2,1-2H3,(H,27,28). The molecular weight excluding hydrogens is 392 g/mol. The molecule has 1 heterocycles. The Hall–Kier alpha value is -4.06. The molecule has 3 aromatic carbocycles. The lowest BCUT2D eigenvalue weighted by molar-refractivity contribution is 0.0926. The lowest BCUT2D eigenvalue weighted by Crippen LogP contribution is -2.17. The third-order valence-corrected chi connectivity index (χ3v) is 4.92. The van der Waals surface area contributed by atoms with Gasteiger partial charge in [0.2, 0.25) is 0 Å². The third kappa shape index (κ3) is 4.43. The molecule has 1 N–H and O–H groups in total. The summed E-state index contributed by atoms with van der Waals surface area (Å²) in [6.07, 6.45) is 2.99. The van der Waals surface area contributed by atoms with Gasteiger partial charge in [0.25, 0.3) is 0 Å². The number of hydrogen-bond acceptors (Lipinski definition) is 5. The maximum absolute atomic E-state index is 12.2. The number of carbonyl (C=O) groups is 1. The number of rotatable bonds is 7. The second-order valence-electron chi connectivity index (χ2n) is 6.94. The average molecular weight is 414 g/mol. The molecular formula is C25H22N2O4. The Bertz CT molecular complexity index is 1240. The van der Waals surface area contributed by atoms with E-state index in [0.29, 0.717) is 23.7 Å². The highest BCUT2D eigenvalue weighted by Gasteiger charge is 2.13. The van der Waals surface area contributed by atoms with Crippen molar-refractivity contribution in [3.63, 3.8) is 0 Å². The largest absolute Gasteiger partial charge is 0.493 e. The Kier molecular flexibility index (Phi) is 5.98. The van der Waals surface area contributed by atoms with Gasteiger partial charge in [-0.1, -0.05) is 48.5 Å². The fourth-order valence-electron chi connectivity index (χ4n) is 3.33. The minimum absolute atomic E-state index is 0.232. The molecule has 0 atom stereocenters. The van der Waals surface area contributed by atoms with Crippen molar-refractivity contribution < 1.29 is 18.7 Å². The zero-order valence-corrected chi connectivity index (χ0v) is 17.3. The summed E-state index contributed by atoms with van der Waals surface area (Å²) in [7, 11) is 1.59. The molecule has 0 saturated heterocycles. The van der Waals surface area contributed by atoms with Crippen LogP contribution in [-0.2, 0) is 6.61 Å². The molecule has 6 heteroatoms. The molecule has 4 aromatic rings. The van der Waals surface area contributed by atoms with Gasteiger partial charge >= 0.3 is 5.91 Å². The van der Waals surface area contributed by atoms with Crippen molar-refractivity contribution in [1.82, 2.24) is 5.43 Å². The van der Waals surface area contributed by atoms with Crippen LogP contribution in [-0.4, -0.2) is 19.2 Å². The van der Waals surface area contributed by atoms with Gasteiger partial charge in [-0.2, -0.15) is 5.10 Å². The molecule has 0 aliphatic carbocycles. The Morgan fingerprint density at radius 1 is 1.06 bits per heavy atom. The second-order valence-corrected chi connectivity index (χ2v) is 6.94. The number of hydrogen-bond donors (Lipinski definition) is 1. The van der Waals surface area contributed by atoms with E-state index in [4.69, 9.17) is 13.9 Å². The molecule has 6 nitrogen and oxygen atoms in total. The van der Waals surface area contributed by atoms with Gasteiger partial charge in [-0.3, -0.25) is 4.79 Å². The average Bonchev–Trinajstić information content (AvgIpc) is 3.23. The summed E-state index contributed by atoms with van der Waals surface area (Å²) in [5, 5.41) is 6.35. The lowest BCUT2D eigenvalue weighted by Gasteiger charge is -2.14. The fraction of sp³-hybridized carbons (Fsp3) is 0.120. The minimum atomic E-state index is -0.417. The van der Waals surface area contributed by atoms with Crippen molar-refractivity contribution in [3.8, 4) is 11.5 Å². The second kappa shape index (κ2) is 9.17. The monoisotopic (exact) mass is 414 g/mol. The molecule has 156 valence electrons. The highest BCUT2D eigenvalue weighted by Crippen LogP contribution is 2.31. The molecule has 0 saturated carbocycles. The van der Waals surface area contributed by atoms with Crippen LogP contribution >= 0.6 is 0 Å². The first-order valence-electron chi connectivity index (χ1n) is 9.81. The third-order valence-electron chi connectivity index (χ3n) is 4.92. The Balaban J connectivity index is 1.55. The van der Waals surface area contributed by atoms with Crippen LogP contribution in [0.2, 0.25) is 0 Å². The van der Waals surface area contributed by atoms with Crippen LogP contribution in [0.1, 0.15) is 27.2 Å². The first kappa shape index (κ1) is 20.2. The smallest absolute Gasteiger partial charge is 0.307 e. The van der Waals surface area contributed by atoms with Gasteiger partial charge in [0.15, 0.2) is 17.3 Å². The molecule has 1 amide bonds. The van der Waals surface area contributed by atoms with Gasteiger partial charge in [0.1, 0.15) is 6.61 Å². The van der Waals surface area contributed by atoms with Crippen LogP contribution in [0.4, 0.5) is 0 Å². The van der Waals surface area contributed by atoms with Crippen molar-refractivity contribution in [3.05, 3.63) is 95.4 Å². The fourth-order valence-corrected chi connectivity index (χ4v) is 3.33.